The molecule has 4 atom stereocenters. The van der Waals surface area contributed by atoms with Crippen molar-refractivity contribution in [2.45, 2.75) is 101 Å². The van der Waals surface area contributed by atoms with Gasteiger partial charge in [0.15, 0.2) is 5.69 Å². The van der Waals surface area contributed by atoms with E-state index in [0.717, 1.165) is 18.4 Å². The SMILES string of the molecule is O=C(NCC(O)CO)c1nc2ccccc2n([C@H]2C[C@H]3CC[C@@H](C2)N3C2CCCCCCC2)c1=O. The van der Waals surface area contributed by atoms with Gasteiger partial charge < -0.3 is 20.1 Å². The Kier molecular flexibility index (Phi) is 7.51. The number of aliphatic hydroxyl groups excluding tert-OH is 2. The molecule has 1 unspecified atom stereocenters. The number of hydrogen-bond acceptors (Lipinski definition) is 6. The van der Waals surface area contributed by atoms with Gasteiger partial charge >= 0.3 is 0 Å². The van der Waals surface area contributed by atoms with E-state index >= 15 is 0 Å². The van der Waals surface area contributed by atoms with Gasteiger partial charge in [0.05, 0.1) is 23.7 Å². The quantitative estimate of drug-likeness (QED) is 0.584. The first-order valence-corrected chi connectivity index (χ1v) is 13.4. The molecule has 3 heterocycles. The van der Waals surface area contributed by atoms with Gasteiger partial charge in [-0.1, -0.05) is 44.2 Å². The van der Waals surface area contributed by atoms with Gasteiger partial charge in [-0.3, -0.25) is 14.5 Å². The van der Waals surface area contributed by atoms with Gasteiger partial charge in [0.1, 0.15) is 0 Å². The molecule has 35 heavy (non-hydrogen) atoms. The van der Waals surface area contributed by atoms with E-state index in [0.29, 0.717) is 23.6 Å². The number of para-hydroxylation sites is 2. The standard InChI is InChI=1S/C27H38N4O4/c32-17-22(33)16-28-26(34)25-27(35)31(24-11-7-6-10-23(24)29-25)21-14-19-12-13-20(15-21)30(19)18-8-4-2-1-3-5-9-18/h6-7,10-11,18-22,32-33H,1-5,8-9,12-17H2,(H,28,34)/t19-,20+,21+,22?. The molecule has 3 aliphatic rings. The number of aliphatic hydroxyl groups is 2. The summed E-state index contributed by atoms with van der Waals surface area (Å²) < 4.78 is 1.82. The zero-order chi connectivity index (χ0) is 24.4. The summed E-state index contributed by atoms with van der Waals surface area (Å²) in [5, 5.41) is 21.2. The molecule has 5 rings (SSSR count). The van der Waals surface area contributed by atoms with Crippen LogP contribution in [0.4, 0.5) is 0 Å². The lowest BCUT2D eigenvalue weighted by Gasteiger charge is -2.45. The molecular weight excluding hydrogens is 444 g/mol. The van der Waals surface area contributed by atoms with Crippen molar-refractivity contribution in [2.24, 2.45) is 0 Å². The molecule has 8 heteroatoms. The molecule has 1 aromatic carbocycles. The second kappa shape index (κ2) is 10.8. The third-order valence-corrected chi connectivity index (χ3v) is 8.35. The summed E-state index contributed by atoms with van der Waals surface area (Å²) in [6, 6.07) is 9.20. The Bertz CT molecular complexity index is 1080. The van der Waals surface area contributed by atoms with Gasteiger partial charge in [-0.05, 0) is 50.7 Å². The van der Waals surface area contributed by atoms with Crippen LogP contribution in [0.15, 0.2) is 29.1 Å². The van der Waals surface area contributed by atoms with Crippen LogP contribution in [0.25, 0.3) is 11.0 Å². The smallest absolute Gasteiger partial charge is 0.282 e. The third-order valence-electron chi connectivity index (χ3n) is 8.35. The summed E-state index contributed by atoms with van der Waals surface area (Å²) in [5.74, 6) is -0.614. The molecular formula is C27H38N4O4. The van der Waals surface area contributed by atoms with Crippen molar-refractivity contribution < 1.29 is 15.0 Å². The summed E-state index contributed by atoms with van der Waals surface area (Å²) >= 11 is 0. The van der Waals surface area contributed by atoms with Crippen molar-refractivity contribution in [2.75, 3.05) is 13.2 Å². The monoisotopic (exact) mass is 482 g/mol. The maximum absolute atomic E-state index is 13.7. The predicted octanol–water partition coefficient (Wildman–Crippen LogP) is 2.76. The number of carbonyl (C=O) groups is 1. The Balaban J connectivity index is 1.43. The number of piperidine rings is 1. The van der Waals surface area contributed by atoms with E-state index in [1.54, 1.807) is 0 Å². The number of benzene rings is 1. The van der Waals surface area contributed by atoms with Crippen LogP contribution in [-0.2, 0) is 0 Å². The molecule has 2 bridgehead atoms. The summed E-state index contributed by atoms with van der Waals surface area (Å²) in [6.07, 6.45) is 12.4. The first-order chi connectivity index (χ1) is 17.1. The summed E-state index contributed by atoms with van der Waals surface area (Å²) in [6.45, 7) is -0.592. The number of fused-ring (bicyclic) bond motifs is 3. The second-order valence-electron chi connectivity index (χ2n) is 10.6. The zero-order valence-corrected chi connectivity index (χ0v) is 20.4. The van der Waals surface area contributed by atoms with Crippen LogP contribution >= 0.6 is 0 Å². The van der Waals surface area contributed by atoms with Gasteiger partial charge in [-0.15, -0.1) is 0 Å². The molecule has 1 saturated carbocycles. The largest absolute Gasteiger partial charge is 0.394 e. The van der Waals surface area contributed by atoms with Crippen molar-refractivity contribution in [3.05, 3.63) is 40.3 Å². The topological polar surface area (TPSA) is 108 Å². The Labute approximate surface area is 206 Å². The van der Waals surface area contributed by atoms with E-state index in [2.05, 4.69) is 15.2 Å². The molecule has 0 spiro atoms. The minimum absolute atomic E-state index is 0.0345. The van der Waals surface area contributed by atoms with E-state index < -0.39 is 18.6 Å². The fourth-order valence-electron chi connectivity index (χ4n) is 6.75. The van der Waals surface area contributed by atoms with Crippen LogP contribution in [0.1, 0.15) is 87.2 Å². The molecule has 2 saturated heterocycles. The van der Waals surface area contributed by atoms with Gasteiger partial charge in [-0.25, -0.2) is 4.98 Å². The summed E-state index contributed by atoms with van der Waals surface area (Å²) in [4.78, 5) is 33.7. The molecule has 3 fully saturated rings. The minimum Gasteiger partial charge on any atom is -0.394 e. The summed E-state index contributed by atoms with van der Waals surface area (Å²) in [5.41, 5.74) is 0.870. The van der Waals surface area contributed by atoms with Crippen LogP contribution in [0.2, 0.25) is 0 Å². The lowest BCUT2D eigenvalue weighted by Crippen LogP contribution is -2.50. The fourth-order valence-corrected chi connectivity index (χ4v) is 6.75. The van der Waals surface area contributed by atoms with Crippen LogP contribution in [0.5, 0.6) is 0 Å². The van der Waals surface area contributed by atoms with Crippen LogP contribution in [-0.4, -0.2) is 68.0 Å². The molecule has 1 aliphatic carbocycles. The number of hydrogen-bond donors (Lipinski definition) is 3. The van der Waals surface area contributed by atoms with Crippen LogP contribution < -0.4 is 10.9 Å². The highest BCUT2D eigenvalue weighted by molar-refractivity contribution is 5.93. The first-order valence-electron chi connectivity index (χ1n) is 13.4. The Morgan fingerprint density at radius 1 is 0.971 bits per heavy atom. The number of aromatic nitrogens is 2. The van der Waals surface area contributed by atoms with Gasteiger partial charge in [0.2, 0.25) is 0 Å². The van der Waals surface area contributed by atoms with E-state index in [-0.39, 0.29) is 23.8 Å². The number of nitrogens with zero attached hydrogens (tertiary/aromatic N) is 3. The van der Waals surface area contributed by atoms with E-state index in [4.69, 9.17) is 5.11 Å². The second-order valence-corrected chi connectivity index (χ2v) is 10.6. The molecule has 8 nitrogen and oxygen atoms in total. The Morgan fingerprint density at radius 2 is 1.63 bits per heavy atom. The lowest BCUT2D eigenvalue weighted by atomic mass is 9.89. The van der Waals surface area contributed by atoms with Gasteiger partial charge in [0, 0.05) is 30.7 Å². The van der Waals surface area contributed by atoms with E-state index in [1.165, 1.54) is 57.8 Å². The molecule has 190 valence electrons. The van der Waals surface area contributed by atoms with Crippen LogP contribution in [0, 0.1) is 0 Å². The molecule has 2 aromatic rings. The highest BCUT2D eigenvalue weighted by atomic mass is 16.3. The van der Waals surface area contributed by atoms with E-state index in [9.17, 15) is 14.7 Å². The maximum Gasteiger partial charge on any atom is 0.282 e. The van der Waals surface area contributed by atoms with E-state index in [1.807, 2.05) is 28.8 Å². The first kappa shape index (κ1) is 24.4. The predicted molar refractivity (Wildman–Crippen MR) is 134 cm³/mol. The number of rotatable bonds is 6. The average Bonchev–Trinajstić information content (AvgIpc) is 3.10. The van der Waals surface area contributed by atoms with Crippen molar-refractivity contribution in [3.63, 3.8) is 0 Å². The molecule has 0 radical (unpaired) electrons. The van der Waals surface area contributed by atoms with Gasteiger partial charge in [-0.2, -0.15) is 0 Å². The third kappa shape index (κ3) is 5.01. The number of amides is 1. The normalized spacial score (nSPS) is 26.9. The highest BCUT2D eigenvalue weighted by Gasteiger charge is 2.44. The average molecular weight is 483 g/mol. The number of nitrogens with one attached hydrogen (secondary N) is 1. The fraction of sp³-hybridized carbons (Fsp3) is 0.667. The van der Waals surface area contributed by atoms with Gasteiger partial charge in [0.25, 0.3) is 11.5 Å². The van der Waals surface area contributed by atoms with Crippen molar-refractivity contribution in [1.82, 2.24) is 19.8 Å². The van der Waals surface area contributed by atoms with Crippen molar-refractivity contribution >= 4 is 16.9 Å². The molecule has 1 aromatic heterocycles. The molecule has 3 N–H and O–H groups in total. The Hall–Kier alpha value is -2.29. The number of carbonyl (C=O) groups excluding carboxylic acids is 1. The Morgan fingerprint density at radius 3 is 2.31 bits per heavy atom. The molecule has 2 aliphatic heterocycles. The van der Waals surface area contributed by atoms with Crippen molar-refractivity contribution in [3.8, 4) is 0 Å². The zero-order valence-electron chi connectivity index (χ0n) is 20.4. The summed E-state index contributed by atoms with van der Waals surface area (Å²) in [7, 11) is 0. The highest BCUT2D eigenvalue weighted by Crippen LogP contribution is 2.44. The van der Waals surface area contributed by atoms with Crippen molar-refractivity contribution in [1.29, 1.82) is 0 Å². The maximum atomic E-state index is 13.7. The van der Waals surface area contributed by atoms with Crippen LogP contribution in [0.3, 0.4) is 0 Å². The molecule has 1 amide bonds. The lowest BCUT2D eigenvalue weighted by molar-refractivity contribution is 0.0496. The minimum atomic E-state index is -1.07.